The molecule has 1 N–H and O–H groups in total. The maximum atomic E-state index is 9.43. The van der Waals surface area contributed by atoms with Crippen molar-refractivity contribution in [1.29, 1.82) is 0 Å². The molecule has 168 valence electrons. The zero-order chi connectivity index (χ0) is 20.8. The van der Waals surface area contributed by atoms with E-state index in [1.807, 2.05) is 30.3 Å². The van der Waals surface area contributed by atoms with Gasteiger partial charge in [-0.3, -0.25) is 0 Å². The first-order chi connectivity index (χ1) is 14.4. The van der Waals surface area contributed by atoms with E-state index in [4.69, 9.17) is 9.47 Å². The van der Waals surface area contributed by atoms with Gasteiger partial charge in [-0.1, -0.05) is 121 Å². The van der Waals surface area contributed by atoms with Crippen LogP contribution < -0.4 is 0 Å². The number of hydrogen-bond donors (Lipinski definition) is 1. The van der Waals surface area contributed by atoms with Crippen LogP contribution in [0, 0.1) is 0 Å². The van der Waals surface area contributed by atoms with Crippen molar-refractivity contribution in [3.05, 3.63) is 35.9 Å². The fraction of sp³-hybridized carbons (Fsp3) is 0.769. The molecular formula is C26H46O3. The summed E-state index contributed by atoms with van der Waals surface area (Å²) in [4.78, 5) is 0. The van der Waals surface area contributed by atoms with Crippen LogP contribution in [0.4, 0.5) is 0 Å². The third kappa shape index (κ3) is 16.6. The molecule has 0 amide bonds. The second-order valence-electron chi connectivity index (χ2n) is 8.27. The monoisotopic (exact) mass is 406 g/mol. The number of ether oxygens (including phenoxy) is 2. The van der Waals surface area contributed by atoms with Gasteiger partial charge >= 0.3 is 0 Å². The summed E-state index contributed by atoms with van der Waals surface area (Å²) in [5.74, 6) is 0. The van der Waals surface area contributed by atoms with Crippen molar-refractivity contribution in [2.75, 3.05) is 19.8 Å². The Labute approximate surface area is 180 Å². The number of hydrogen-bond acceptors (Lipinski definition) is 3. The molecule has 0 aliphatic carbocycles. The summed E-state index contributed by atoms with van der Waals surface area (Å²) < 4.78 is 11.4. The van der Waals surface area contributed by atoms with E-state index >= 15 is 0 Å². The van der Waals surface area contributed by atoms with Gasteiger partial charge in [-0.2, -0.15) is 0 Å². The Balaban J connectivity index is 1.82. The van der Waals surface area contributed by atoms with Gasteiger partial charge in [0.2, 0.25) is 0 Å². The maximum Gasteiger partial charge on any atom is 0.104 e. The lowest BCUT2D eigenvalue weighted by Crippen LogP contribution is -2.24. The van der Waals surface area contributed by atoms with Crippen LogP contribution in [-0.4, -0.2) is 31.0 Å². The van der Waals surface area contributed by atoms with Crippen molar-refractivity contribution in [3.8, 4) is 0 Å². The Hall–Kier alpha value is -0.900. The fourth-order valence-corrected chi connectivity index (χ4v) is 3.58. The van der Waals surface area contributed by atoms with Crippen molar-refractivity contribution in [1.82, 2.24) is 0 Å². The van der Waals surface area contributed by atoms with Crippen LogP contribution in [0.2, 0.25) is 0 Å². The van der Waals surface area contributed by atoms with Gasteiger partial charge in [-0.05, 0) is 12.0 Å². The van der Waals surface area contributed by atoms with Gasteiger partial charge in [0.15, 0.2) is 0 Å². The van der Waals surface area contributed by atoms with Gasteiger partial charge in [-0.15, -0.1) is 0 Å². The van der Waals surface area contributed by atoms with E-state index in [2.05, 4.69) is 6.92 Å². The van der Waals surface area contributed by atoms with E-state index in [0.717, 1.165) is 18.6 Å². The molecular weight excluding hydrogens is 360 g/mol. The smallest absolute Gasteiger partial charge is 0.104 e. The Morgan fingerprint density at radius 2 is 1.24 bits per heavy atom. The first-order valence-corrected chi connectivity index (χ1v) is 12.2. The first kappa shape index (κ1) is 26.1. The Morgan fingerprint density at radius 1 is 0.724 bits per heavy atom. The average molecular weight is 407 g/mol. The van der Waals surface area contributed by atoms with Crippen LogP contribution in [0.1, 0.15) is 102 Å². The van der Waals surface area contributed by atoms with Crippen molar-refractivity contribution in [2.45, 2.75) is 110 Å². The maximum absolute atomic E-state index is 9.43. The van der Waals surface area contributed by atoms with E-state index in [1.54, 1.807) is 0 Å². The molecule has 3 nitrogen and oxygen atoms in total. The minimum atomic E-state index is -0.208. The van der Waals surface area contributed by atoms with E-state index in [9.17, 15) is 5.11 Å². The minimum Gasteiger partial charge on any atom is -0.394 e. The molecule has 0 saturated carbocycles. The average Bonchev–Trinajstić information content (AvgIpc) is 2.76. The zero-order valence-corrected chi connectivity index (χ0v) is 19.0. The van der Waals surface area contributed by atoms with E-state index in [-0.39, 0.29) is 12.7 Å². The molecule has 0 bridgehead atoms. The minimum absolute atomic E-state index is 0.0212. The molecule has 0 spiro atoms. The Morgan fingerprint density at radius 3 is 1.76 bits per heavy atom. The molecule has 0 aliphatic rings. The number of aliphatic hydroxyl groups excluding tert-OH is 1. The molecule has 1 unspecified atom stereocenters. The SMILES string of the molecule is CCCCCCCCCCCCCCCCOC(CO)COCc1ccccc1. The Bertz CT molecular complexity index is 435. The summed E-state index contributed by atoms with van der Waals surface area (Å²) >= 11 is 0. The lowest BCUT2D eigenvalue weighted by molar-refractivity contribution is -0.0473. The van der Waals surface area contributed by atoms with Crippen LogP contribution in [0.25, 0.3) is 0 Å². The molecule has 0 saturated heterocycles. The molecule has 1 aromatic carbocycles. The molecule has 0 heterocycles. The fourth-order valence-electron chi connectivity index (χ4n) is 3.58. The van der Waals surface area contributed by atoms with Gasteiger partial charge in [0, 0.05) is 6.61 Å². The summed E-state index contributed by atoms with van der Waals surface area (Å²) in [7, 11) is 0. The summed E-state index contributed by atoms with van der Waals surface area (Å²) in [6.45, 7) is 4.04. The van der Waals surface area contributed by atoms with Gasteiger partial charge in [0.25, 0.3) is 0 Å². The molecule has 1 aromatic rings. The standard InChI is InChI=1S/C26H46O3/c1-2-3-4-5-6-7-8-9-10-11-12-13-14-18-21-29-26(22-27)24-28-23-25-19-16-15-17-20-25/h15-17,19-20,26-27H,2-14,18,21-24H2,1H3. The van der Waals surface area contributed by atoms with Gasteiger partial charge < -0.3 is 14.6 Å². The molecule has 29 heavy (non-hydrogen) atoms. The second kappa shape index (κ2) is 20.4. The van der Waals surface area contributed by atoms with Gasteiger partial charge in [0.05, 0.1) is 19.8 Å². The first-order valence-electron chi connectivity index (χ1n) is 12.2. The van der Waals surface area contributed by atoms with E-state index < -0.39 is 0 Å². The number of unbranched alkanes of at least 4 members (excludes halogenated alkanes) is 13. The lowest BCUT2D eigenvalue weighted by Gasteiger charge is -2.15. The van der Waals surface area contributed by atoms with E-state index in [1.165, 1.54) is 83.5 Å². The van der Waals surface area contributed by atoms with Gasteiger partial charge in [0.1, 0.15) is 6.10 Å². The number of aliphatic hydroxyl groups is 1. The van der Waals surface area contributed by atoms with Crippen molar-refractivity contribution >= 4 is 0 Å². The largest absolute Gasteiger partial charge is 0.394 e. The number of benzene rings is 1. The molecule has 1 atom stereocenters. The van der Waals surface area contributed by atoms with Crippen LogP contribution in [0.15, 0.2) is 30.3 Å². The predicted octanol–water partition coefficient (Wildman–Crippen LogP) is 7.06. The molecule has 0 aromatic heterocycles. The van der Waals surface area contributed by atoms with Crippen molar-refractivity contribution in [2.24, 2.45) is 0 Å². The summed E-state index contributed by atoms with van der Waals surface area (Å²) in [5, 5.41) is 9.43. The van der Waals surface area contributed by atoms with E-state index in [0.29, 0.717) is 13.2 Å². The predicted molar refractivity (Wildman–Crippen MR) is 123 cm³/mol. The zero-order valence-electron chi connectivity index (χ0n) is 19.0. The van der Waals surface area contributed by atoms with Crippen molar-refractivity contribution in [3.63, 3.8) is 0 Å². The van der Waals surface area contributed by atoms with Crippen LogP contribution in [-0.2, 0) is 16.1 Å². The highest BCUT2D eigenvalue weighted by Gasteiger charge is 2.07. The molecule has 0 aliphatic heterocycles. The molecule has 3 heteroatoms. The highest BCUT2D eigenvalue weighted by atomic mass is 16.5. The highest BCUT2D eigenvalue weighted by molar-refractivity contribution is 5.13. The van der Waals surface area contributed by atoms with Crippen LogP contribution in [0.3, 0.4) is 0 Å². The van der Waals surface area contributed by atoms with Crippen LogP contribution >= 0.6 is 0 Å². The molecule has 0 fully saturated rings. The summed E-state index contributed by atoms with van der Waals surface area (Å²) in [6.07, 6.45) is 18.8. The normalized spacial score (nSPS) is 12.3. The summed E-state index contributed by atoms with van der Waals surface area (Å²) in [6, 6.07) is 10.1. The lowest BCUT2D eigenvalue weighted by atomic mass is 10.0. The molecule has 0 radical (unpaired) electrons. The third-order valence-electron chi connectivity index (χ3n) is 5.47. The topological polar surface area (TPSA) is 38.7 Å². The second-order valence-corrected chi connectivity index (χ2v) is 8.27. The summed E-state index contributed by atoms with van der Waals surface area (Å²) in [5.41, 5.74) is 1.15. The highest BCUT2D eigenvalue weighted by Crippen LogP contribution is 2.13. The quantitative estimate of drug-likeness (QED) is 0.222. The van der Waals surface area contributed by atoms with Crippen LogP contribution in [0.5, 0.6) is 0 Å². The molecule has 1 rings (SSSR count). The van der Waals surface area contributed by atoms with Gasteiger partial charge in [-0.25, -0.2) is 0 Å². The number of rotatable bonds is 21. The Kier molecular flexibility index (Phi) is 18.4. The third-order valence-corrected chi connectivity index (χ3v) is 5.47. The van der Waals surface area contributed by atoms with Crippen molar-refractivity contribution < 1.29 is 14.6 Å².